The summed E-state index contributed by atoms with van der Waals surface area (Å²) in [5, 5.41) is 0. The number of hydrogen-bond acceptors (Lipinski definition) is 1. The smallest absolute Gasteiger partial charge is 0.133 e. The molecule has 100 valence electrons. The maximum absolute atomic E-state index is 11.9. The first-order valence-corrected chi connectivity index (χ1v) is 7.29. The minimum Gasteiger partial charge on any atom is -0.300 e. The van der Waals surface area contributed by atoms with E-state index in [0.29, 0.717) is 11.7 Å². The molecule has 0 bridgehead atoms. The van der Waals surface area contributed by atoms with Gasteiger partial charge in [-0.3, -0.25) is 4.79 Å². The minimum atomic E-state index is 0.159. The molecular formula is C16H30O. The Morgan fingerprint density at radius 2 is 1.65 bits per heavy atom. The normalized spacial score (nSPS) is 26.2. The van der Waals surface area contributed by atoms with E-state index < -0.39 is 0 Å². The van der Waals surface area contributed by atoms with Crippen molar-refractivity contribution in [1.29, 1.82) is 0 Å². The highest BCUT2D eigenvalue weighted by molar-refractivity contribution is 5.79. The molecule has 0 radical (unpaired) electrons. The Kier molecular flexibility index (Phi) is 5.22. The zero-order chi connectivity index (χ0) is 13.1. The summed E-state index contributed by atoms with van der Waals surface area (Å²) in [6.45, 7) is 11.1. The zero-order valence-corrected chi connectivity index (χ0v) is 12.4. The third kappa shape index (κ3) is 5.70. The third-order valence-electron chi connectivity index (χ3n) is 4.08. The van der Waals surface area contributed by atoms with Gasteiger partial charge in [-0.1, -0.05) is 34.6 Å². The van der Waals surface area contributed by atoms with Crippen molar-refractivity contribution in [3.05, 3.63) is 0 Å². The predicted octanol–water partition coefficient (Wildman–Crippen LogP) is 4.84. The van der Waals surface area contributed by atoms with Gasteiger partial charge in [-0.15, -0.1) is 0 Å². The van der Waals surface area contributed by atoms with Gasteiger partial charge in [-0.05, 0) is 48.9 Å². The molecule has 1 saturated carbocycles. The predicted molar refractivity (Wildman–Crippen MR) is 74.0 cm³/mol. The van der Waals surface area contributed by atoms with E-state index in [4.69, 9.17) is 0 Å². The Morgan fingerprint density at radius 1 is 1.12 bits per heavy atom. The average Bonchev–Trinajstić information content (AvgIpc) is 2.15. The van der Waals surface area contributed by atoms with Crippen LogP contribution in [0.5, 0.6) is 0 Å². The van der Waals surface area contributed by atoms with E-state index in [1.165, 1.54) is 25.7 Å². The summed E-state index contributed by atoms with van der Waals surface area (Å²) in [5.74, 6) is 2.88. The van der Waals surface area contributed by atoms with Gasteiger partial charge in [0.25, 0.3) is 0 Å². The topological polar surface area (TPSA) is 17.1 Å². The van der Waals surface area contributed by atoms with Crippen LogP contribution in [-0.4, -0.2) is 5.78 Å². The van der Waals surface area contributed by atoms with Crippen molar-refractivity contribution >= 4 is 5.78 Å². The summed E-state index contributed by atoms with van der Waals surface area (Å²) in [4.78, 5) is 11.9. The highest BCUT2D eigenvalue weighted by Crippen LogP contribution is 2.35. The zero-order valence-electron chi connectivity index (χ0n) is 12.4. The highest BCUT2D eigenvalue weighted by atomic mass is 16.1. The van der Waals surface area contributed by atoms with Gasteiger partial charge in [0.1, 0.15) is 5.78 Å². The van der Waals surface area contributed by atoms with Gasteiger partial charge >= 0.3 is 0 Å². The second kappa shape index (κ2) is 6.02. The lowest BCUT2D eigenvalue weighted by molar-refractivity contribution is -0.122. The fourth-order valence-electron chi connectivity index (χ4n) is 3.04. The number of Topliss-reactive ketones (excluding diaryl/α,β-unsaturated/α-hetero) is 1. The van der Waals surface area contributed by atoms with E-state index in [2.05, 4.69) is 34.6 Å². The quantitative estimate of drug-likeness (QED) is 0.684. The van der Waals surface area contributed by atoms with Crippen molar-refractivity contribution in [3.8, 4) is 0 Å². The van der Waals surface area contributed by atoms with Crippen molar-refractivity contribution < 1.29 is 4.79 Å². The van der Waals surface area contributed by atoms with Gasteiger partial charge in [0, 0.05) is 12.8 Å². The molecule has 0 amide bonds. The third-order valence-corrected chi connectivity index (χ3v) is 4.08. The summed E-state index contributed by atoms with van der Waals surface area (Å²) < 4.78 is 0. The second-order valence-corrected chi connectivity index (χ2v) is 7.51. The monoisotopic (exact) mass is 238 g/mol. The Bertz CT molecular complexity index is 239. The molecule has 17 heavy (non-hydrogen) atoms. The van der Waals surface area contributed by atoms with Gasteiger partial charge in [0.05, 0.1) is 0 Å². The number of rotatable bonds is 4. The van der Waals surface area contributed by atoms with Crippen LogP contribution in [-0.2, 0) is 4.79 Å². The molecule has 0 heterocycles. The Morgan fingerprint density at radius 3 is 2.06 bits per heavy atom. The summed E-state index contributed by atoms with van der Waals surface area (Å²) in [6, 6.07) is 0. The molecule has 0 atom stereocenters. The molecule has 0 unspecified atom stereocenters. The molecule has 1 aliphatic rings. The molecule has 0 aromatic heterocycles. The molecule has 0 aliphatic heterocycles. The number of hydrogen-bond donors (Lipinski definition) is 0. The molecule has 0 N–H and O–H groups in total. The van der Waals surface area contributed by atoms with E-state index in [1.54, 1.807) is 0 Å². The molecule has 1 rings (SSSR count). The van der Waals surface area contributed by atoms with Crippen LogP contribution in [0.4, 0.5) is 0 Å². The van der Waals surface area contributed by atoms with E-state index in [0.717, 1.165) is 24.7 Å². The van der Waals surface area contributed by atoms with Crippen molar-refractivity contribution in [2.45, 2.75) is 73.1 Å². The second-order valence-electron chi connectivity index (χ2n) is 7.51. The van der Waals surface area contributed by atoms with Crippen LogP contribution in [0.25, 0.3) is 0 Å². The number of ketones is 1. The lowest BCUT2D eigenvalue weighted by Crippen LogP contribution is -2.22. The van der Waals surface area contributed by atoms with Crippen molar-refractivity contribution in [2.24, 2.45) is 23.2 Å². The first-order chi connectivity index (χ1) is 7.78. The molecule has 1 aliphatic carbocycles. The average molecular weight is 238 g/mol. The molecule has 1 nitrogen and oxygen atoms in total. The van der Waals surface area contributed by atoms with Gasteiger partial charge in [0.2, 0.25) is 0 Å². The first kappa shape index (κ1) is 14.7. The summed E-state index contributed by atoms with van der Waals surface area (Å²) in [5.41, 5.74) is 0.159. The lowest BCUT2D eigenvalue weighted by Gasteiger charge is -2.31. The van der Waals surface area contributed by atoms with Gasteiger partial charge in [0.15, 0.2) is 0 Å². The number of carbonyl (C=O) groups is 1. The molecule has 0 aromatic rings. The molecule has 0 aromatic carbocycles. The molecule has 0 saturated heterocycles. The minimum absolute atomic E-state index is 0.159. The summed E-state index contributed by atoms with van der Waals surface area (Å²) in [6.07, 6.45) is 6.81. The van der Waals surface area contributed by atoms with Crippen LogP contribution in [0.3, 0.4) is 0 Å². The van der Waals surface area contributed by atoms with Gasteiger partial charge in [-0.2, -0.15) is 0 Å². The highest BCUT2D eigenvalue weighted by Gasteiger charge is 2.25. The molecule has 1 heteroatoms. The fraction of sp³-hybridized carbons (Fsp3) is 0.938. The number of carbonyl (C=O) groups excluding carboxylic acids is 1. The molecule has 1 fully saturated rings. The van der Waals surface area contributed by atoms with Gasteiger partial charge in [-0.25, -0.2) is 0 Å². The maximum atomic E-state index is 11.9. The van der Waals surface area contributed by atoms with Crippen LogP contribution in [0.2, 0.25) is 0 Å². The van der Waals surface area contributed by atoms with Crippen molar-refractivity contribution in [1.82, 2.24) is 0 Å². The lowest BCUT2D eigenvalue weighted by atomic mass is 9.75. The fourth-order valence-corrected chi connectivity index (χ4v) is 3.04. The Balaban J connectivity index is 2.29. The van der Waals surface area contributed by atoms with E-state index in [9.17, 15) is 4.79 Å². The molecular weight excluding hydrogens is 208 g/mol. The van der Waals surface area contributed by atoms with Crippen LogP contribution < -0.4 is 0 Å². The van der Waals surface area contributed by atoms with Crippen LogP contribution in [0.15, 0.2) is 0 Å². The van der Waals surface area contributed by atoms with Gasteiger partial charge < -0.3 is 0 Å². The largest absolute Gasteiger partial charge is 0.300 e. The van der Waals surface area contributed by atoms with E-state index in [-0.39, 0.29) is 5.41 Å². The SMILES string of the molecule is CC(C)C1CCC(CC(=O)CC(C)(C)C)CC1. The summed E-state index contributed by atoms with van der Waals surface area (Å²) in [7, 11) is 0. The van der Waals surface area contributed by atoms with Crippen molar-refractivity contribution in [2.75, 3.05) is 0 Å². The van der Waals surface area contributed by atoms with Crippen LogP contribution in [0, 0.1) is 23.2 Å². The summed E-state index contributed by atoms with van der Waals surface area (Å²) >= 11 is 0. The van der Waals surface area contributed by atoms with E-state index >= 15 is 0 Å². The van der Waals surface area contributed by atoms with Crippen LogP contribution >= 0.6 is 0 Å². The Labute approximate surface area is 107 Å². The van der Waals surface area contributed by atoms with Crippen LogP contribution in [0.1, 0.15) is 73.1 Å². The maximum Gasteiger partial charge on any atom is 0.133 e. The van der Waals surface area contributed by atoms with E-state index in [1.807, 2.05) is 0 Å². The van der Waals surface area contributed by atoms with Crippen molar-refractivity contribution in [3.63, 3.8) is 0 Å². The first-order valence-electron chi connectivity index (χ1n) is 7.29. The standard InChI is InChI=1S/C16H30O/c1-12(2)14-8-6-13(7-9-14)10-15(17)11-16(3,4)5/h12-14H,6-11H2,1-5H3. The molecule has 0 spiro atoms. The Hall–Kier alpha value is -0.330.